The van der Waals surface area contributed by atoms with Crippen LogP contribution in [0.15, 0.2) is 16.6 Å². The summed E-state index contributed by atoms with van der Waals surface area (Å²) in [7, 11) is 0. The van der Waals surface area contributed by atoms with Gasteiger partial charge in [0.05, 0.1) is 11.2 Å². The van der Waals surface area contributed by atoms with E-state index in [2.05, 4.69) is 26.1 Å². The summed E-state index contributed by atoms with van der Waals surface area (Å²) in [4.78, 5) is 0. The number of nitrogens with one attached hydrogen (secondary N) is 1. The Kier molecular flexibility index (Phi) is 1.58. The van der Waals surface area contributed by atoms with E-state index in [9.17, 15) is 0 Å². The zero-order chi connectivity index (χ0) is 8.72. The first-order chi connectivity index (χ1) is 5.68. The zero-order valence-electron chi connectivity index (χ0n) is 6.56. The number of hydrogen-bond acceptors (Lipinski definition) is 2. The number of aryl methyl sites for hydroxylation is 1. The summed E-state index contributed by atoms with van der Waals surface area (Å²) in [5.41, 5.74) is 8.40. The van der Waals surface area contributed by atoms with Crippen molar-refractivity contribution in [2.45, 2.75) is 6.92 Å². The number of benzene rings is 1. The van der Waals surface area contributed by atoms with Gasteiger partial charge in [0.25, 0.3) is 0 Å². The van der Waals surface area contributed by atoms with E-state index in [1.54, 1.807) is 0 Å². The molecular weight excluding hydrogens is 218 g/mol. The molecule has 4 heteroatoms. The van der Waals surface area contributed by atoms with Gasteiger partial charge in [-0.05, 0) is 35.0 Å². The highest BCUT2D eigenvalue weighted by Gasteiger charge is 2.03. The Hall–Kier alpha value is -1.03. The molecule has 62 valence electrons. The smallest absolute Gasteiger partial charge is 0.0674 e. The SMILES string of the molecule is Cc1n[nH]c2cc(N)c(Br)cc12. The molecule has 3 nitrogen and oxygen atoms in total. The Bertz CT molecular complexity index is 433. The molecule has 0 aliphatic heterocycles. The van der Waals surface area contributed by atoms with Crippen LogP contribution in [0, 0.1) is 6.92 Å². The lowest BCUT2D eigenvalue weighted by Crippen LogP contribution is -1.85. The Morgan fingerprint density at radius 3 is 3.00 bits per heavy atom. The third-order valence-corrected chi connectivity index (χ3v) is 2.56. The van der Waals surface area contributed by atoms with Gasteiger partial charge in [0.1, 0.15) is 0 Å². The van der Waals surface area contributed by atoms with Crippen molar-refractivity contribution in [2.24, 2.45) is 0 Å². The quantitative estimate of drug-likeness (QED) is 0.676. The fourth-order valence-corrected chi connectivity index (χ4v) is 1.53. The van der Waals surface area contributed by atoms with E-state index in [1.165, 1.54) is 0 Å². The molecule has 0 saturated carbocycles. The number of H-pyrrole nitrogens is 1. The maximum Gasteiger partial charge on any atom is 0.0674 e. The van der Waals surface area contributed by atoms with Gasteiger partial charge in [-0.2, -0.15) is 5.10 Å². The number of fused-ring (bicyclic) bond motifs is 1. The summed E-state index contributed by atoms with van der Waals surface area (Å²) in [5.74, 6) is 0. The largest absolute Gasteiger partial charge is 0.398 e. The van der Waals surface area contributed by atoms with Crippen molar-refractivity contribution in [2.75, 3.05) is 5.73 Å². The Labute approximate surface area is 78.1 Å². The average molecular weight is 226 g/mol. The van der Waals surface area contributed by atoms with Crippen LogP contribution in [0.4, 0.5) is 5.69 Å². The fourth-order valence-electron chi connectivity index (χ4n) is 1.19. The van der Waals surface area contributed by atoms with Crippen molar-refractivity contribution in [3.63, 3.8) is 0 Å². The second kappa shape index (κ2) is 2.48. The Morgan fingerprint density at radius 1 is 1.50 bits per heavy atom. The number of nitrogens with zero attached hydrogens (tertiary/aromatic N) is 1. The van der Waals surface area contributed by atoms with Crippen LogP contribution in [0.5, 0.6) is 0 Å². The predicted molar refractivity (Wildman–Crippen MR) is 52.9 cm³/mol. The van der Waals surface area contributed by atoms with Crippen molar-refractivity contribution in [3.05, 3.63) is 22.3 Å². The van der Waals surface area contributed by atoms with Crippen molar-refractivity contribution in [1.29, 1.82) is 0 Å². The normalized spacial score (nSPS) is 10.8. The third kappa shape index (κ3) is 0.992. The summed E-state index contributed by atoms with van der Waals surface area (Å²) in [6.07, 6.45) is 0. The molecule has 0 atom stereocenters. The van der Waals surface area contributed by atoms with Crippen molar-refractivity contribution in [1.82, 2.24) is 10.2 Å². The lowest BCUT2D eigenvalue weighted by atomic mass is 10.2. The molecule has 2 aromatic rings. The molecule has 1 heterocycles. The Balaban J connectivity index is 2.87. The number of aromatic amines is 1. The third-order valence-electron chi connectivity index (χ3n) is 1.87. The van der Waals surface area contributed by atoms with Crippen LogP contribution in [0.25, 0.3) is 10.9 Å². The standard InChI is InChI=1S/C8H8BrN3/c1-4-5-2-6(9)7(10)3-8(5)12-11-4/h2-3H,10H2,1H3,(H,11,12). The first kappa shape index (κ1) is 7.61. The van der Waals surface area contributed by atoms with Crippen LogP contribution in [-0.2, 0) is 0 Å². The number of nitrogens with two attached hydrogens (primary N) is 1. The first-order valence-corrected chi connectivity index (χ1v) is 4.37. The van der Waals surface area contributed by atoms with Gasteiger partial charge in [0, 0.05) is 15.5 Å². The molecule has 0 bridgehead atoms. The van der Waals surface area contributed by atoms with Crippen molar-refractivity contribution < 1.29 is 0 Å². The van der Waals surface area contributed by atoms with E-state index < -0.39 is 0 Å². The first-order valence-electron chi connectivity index (χ1n) is 3.58. The number of nitrogen functional groups attached to an aromatic ring is 1. The maximum atomic E-state index is 5.70. The molecule has 3 N–H and O–H groups in total. The van der Waals surface area contributed by atoms with Crippen molar-refractivity contribution in [3.8, 4) is 0 Å². The molecule has 0 aliphatic rings. The van der Waals surface area contributed by atoms with Crippen LogP contribution in [0.3, 0.4) is 0 Å². The molecule has 0 fully saturated rings. The van der Waals surface area contributed by atoms with Gasteiger partial charge in [-0.1, -0.05) is 0 Å². The van der Waals surface area contributed by atoms with Gasteiger partial charge in [-0.25, -0.2) is 0 Å². The minimum Gasteiger partial charge on any atom is -0.398 e. The molecule has 12 heavy (non-hydrogen) atoms. The molecular formula is C8H8BrN3. The van der Waals surface area contributed by atoms with Gasteiger partial charge in [0.2, 0.25) is 0 Å². The van der Waals surface area contributed by atoms with Gasteiger partial charge in [-0.15, -0.1) is 0 Å². The van der Waals surface area contributed by atoms with E-state index in [0.29, 0.717) is 0 Å². The van der Waals surface area contributed by atoms with Gasteiger partial charge >= 0.3 is 0 Å². The van der Waals surface area contributed by atoms with E-state index in [0.717, 1.165) is 26.8 Å². The van der Waals surface area contributed by atoms with E-state index in [1.807, 2.05) is 19.1 Å². The molecule has 2 rings (SSSR count). The minimum absolute atomic E-state index is 0.728. The number of hydrogen-bond donors (Lipinski definition) is 2. The highest BCUT2D eigenvalue weighted by molar-refractivity contribution is 9.10. The summed E-state index contributed by atoms with van der Waals surface area (Å²) in [5, 5.41) is 8.09. The fraction of sp³-hybridized carbons (Fsp3) is 0.125. The number of halogens is 1. The molecule has 1 aromatic carbocycles. The van der Waals surface area contributed by atoms with E-state index in [4.69, 9.17) is 5.73 Å². The average Bonchev–Trinajstić information content (AvgIpc) is 2.35. The number of aromatic nitrogens is 2. The molecule has 0 radical (unpaired) electrons. The van der Waals surface area contributed by atoms with Gasteiger partial charge < -0.3 is 5.73 Å². The summed E-state index contributed by atoms with van der Waals surface area (Å²) in [6, 6.07) is 3.85. The van der Waals surface area contributed by atoms with Crippen LogP contribution in [0.2, 0.25) is 0 Å². The van der Waals surface area contributed by atoms with E-state index in [-0.39, 0.29) is 0 Å². The molecule has 0 aliphatic carbocycles. The zero-order valence-corrected chi connectivity index (χ0v) is 8.14. The second-order valence-electron chi connectivity index (χ2n) is 2.73. The maximum absolute atomic E-state index is 5.70. The number of rotatable bonds is 0. The summed E-state index contributed by atoms with van der Waals surface area (Å²) >= 11 is 3.37. The van der Waals surface area contributed by atoms with Crippen LogP contribution >= 0.6 is 15.9 Å². The Morgan fingerprint density at radius 2 is 2.25 bits per heavy atom. The molecule has 0 unspecified atom stereocenters. The lowest BCUT2D eigenvalue weighted by molar-refractivity contribution is 1.07. The van der Waals surface area contributed by atoms with Gasteiger partial charge in [0.15, 0.2) is 0 Å². The second-order valence-corrected chi connectivity index (χ2v) is 3.58. The van der Waals surface area contributed by atoms with Gasteiger partial charge in [-0.3, -0.25) is 5.10 Å². The van der Waals surface area contributed by atoms with Crippen LogP contribution < -0.4 is 5.73 Å². The predicted octanol–water partition coefficient (Wildman–Crippen LogP) is 2.22. The van der Waals surface area contributed by atoms with Crippen LogP contribution in [0.1, 0.15) is 5.69 Å². The van der Waals surface area contributed by atoms with Crippen molar-refractivity contribution >= 4 is 32.5 Å². The van der Waals surface area contributed by atoms with E-state index >= 15 is 0 Å². The lowest BCUT2D eigenvalue weighted by Gasteiger charge is -1.97. The van der Waals surface area contributed by atoms with Crippen LogP contribution in [-0.4, -0.2) is 10.2 Å². The molecule has 0 saturated heterocycles. The summed E-state index contributed by atoms with van der Waals surface area (Å²) in [6.45, 7) is 1.96. The highest BCUT2D eigenvalue weighted by atomic mass is 79.9. The molecule has 0 amide bonds. The topological polar surface area (TPSA) is 54.7 Å². The number of anilines is 1. The monoisotopic (exact) mass is 225 g/mol. The minimum atomic E-state index is 0.728. The molecule has 1 aromatic heterocycles. The summed E-state index contributed by atoms with van der Waals surface area (Å²) < 4.78 is 0.916. The highest BCUT2D eigenvalue weighted by Crippen LogP contribution is 2.26. The molecule has 0 spiro atoms.